The molecule has 4 aromatic rings. The van der Waals surface area contributed by atoms with Crippen molar-refractivity contribution in [3.05, 3.63) is 95.6 Å². The summed E-state index contributed by atoms with van der Waals surface area (Å²) in [6.45, 7) is 0.150. The summed E-state index contributed by atoms with van der Waals surface area (Å²) in [5.74, 6) is -0.109. The molecule has 1 aliphatic rings. The van der Waals surface area contributed by atoms with Crippen LogP contribution in [-0.4, -0.2) is 32.8 Å². The molecule has 1 amide bonds. The number of hydrazone groups is 1. The molecule has 2 N–H and O–H groups in total. The Bertz CT molecular complexity index is 1580. The van der Waals surface area contributed by atoms with Crippen molar-refractivity contribution in [2.45, 2.75) is 11.4 Å². The molecule has 9 heteroatoms. The Morgan fingerprint density at radius 3 is 2.51 bits per heavy atom. The van der Waals surface area contributed by atoms with Gasteiger partial charge in [-0.15, -0.1) is 0 Å². The van der Waals surface area contributed by atoms with Gasteiger partial charge in [0.15, 0.2) is 11.5 Å². The molecule has 0 radical (unpaired) electrons. The van der Waals surface area contributed by atoms with E-state index < -0.39 is 15.9 Å². The molecule has 0 atom stereocenters. The first-order chi connectivity index (χ1) is 16.9. The minimum Gasteiger partial charge on any atom is -0.504 e. The first-order valence-electron chi connectivity index (χ1n) is 10.7. The number of nitrogens with zero attached hydrogens (tertiary/aromatic N) is 2. The smallest absolute Gasteiger partial charge is 0.271 e. The molecule has 0 unspecified atom stereocenters. The fourth-order valence-electron chi connectivity index (χ4n) is 4.07. The molecule has 5 rings (SSSR count). The number of sulfonamides is 1. The summed E-state index contributed by atoms with van der Waals surface area (Å²) in [4.78, 5) is 12.7. The number of benzene rings is 4. The van der Waals surface area contributed by atoms with Gasteiger partial charge in [0.1, 0.15) is 0 Å². The number of methoxy groups -OCH3 is 1. The van der Waals surface area contributed by atoms with Gasteiger partial charge in [0.05, 0.1) is 30.5 Å². The van der Waals surface area contributed by atoms with Gasteiger partial charge in [0, 0.05) is 10.9 Å². The second kappa shape index (κ2) is 8.77. The molecule has 1 aliphatic heterocycles. The maximum atomic E-state index is 13.2. The highest BCUT2D eigenvalue weighted by Gasteiger charge is 2.35. The zero-order chi connectivity index (χ0) is 24.6. The number of rotatable bonds is 6. The number of nitrogens with one attached hydrogen (secondary N) is 1. The predicted octanol–water partition coefficient (Wildman–Crippen LogP) is 4.03. The zero-order valence-corrected chi connectivity index (χ0v) is 19.5. The van der Waals surface area contributed by atoms with Crippen LogP contribution in [0.4, 0.5) is 5.69 Å². The first-order valence-corrected chi connectivity index (χ1v) is 12.2. The summed E-state index contributed by atoms with van der Waals surface area (Å²) in [5.41, 5.74) is 4.79. The second-order valence-electron chi connectivity index (χ2n) is 7.97. The topological polar surface area (TPSA) is 108 Å². The quantitative estimate of drug-likeness (QED) is 0.315. The molecule has 0 saturated heterocycles. The number of anilines is 1. The lowest BCUT2D eigenvalue weighted by molar-refractivity contribution is 0.0955. The maximum absolute atomic E-state index is 13.2. The third-order valence-corrected chi connectivity index (χ3v) is 7.61. The van der Waals surface area contributed by atoms with Gasteiger partial charge < -0.3 is 9.84 Å². The molecule has 8 nitrogen and oxygen atoms in total. The number of aromatic hydroxyl groups is 1. The van der Waals surface area contributed by atoms with Crippen LogP contribution < -0.4 is 14.5 Å². The van der Waals surface area contributed by atoms with Crippen LogP contribution in [0.25, 0.3) is 10.8 Å². The van der Waals surface area contributed by atoms with Crippen LogP contribution in [0, 0.1) is 0 Å². The fraction of sp³-hybridized carbons (Fsp3) is 0.0769. The lowest BCUT2D eigenvalue weighted by Crippen LogP contribution is -2.26. The predicted molar refractivity (Wildman–Crippen MR) is 133 cm³/mol. The van der Waals surface area contributed by atoms with Gasteiger partial charge in [-0.1, -0.05) is 36.4 Å². The van der Waals surface area contributed by atoms with E-state index >= 15 is 0 Å². The number of ether oxygens (including phenoxy) is 1. The standard InChI is InChI=1S/C26H21N3O5S/c1-34-23-13-10-18(14-22(23)30)15-27-28-26(31)20-11-8-17(9-12-20)16-29-21-6-2-4-19-5-3-7-24(25(19)21)35(29,32)33/h2-15,30H,16H2,1H3,(H,28,31). The summed E-state index contributed by atoms with van der Waals surface area (Å²) in [7, 11) is -2.20. The van der Waals surface area contributed by atoms with Crippen molar-refractivity contribution in [3.8, 4) is 11.5 Å². The van der Waals surface area contributed by atoms with Crippen LogP contribution in [-0.2, 0) is 16.6 Å². The molecule has 35 heavy (non-hydrogen) atoms. The largest absolute Gasteiger partial charge is 0.504 e. The van der Waals surface area contributed by atoms with E-state index in [-0.39, 0.29) is 12.3 Å². The van der Waals surface area contributed by atoms with Crippen LogP contribution >= 0.6 is 0 Å². The minimum atomic E-state index is -3.66. The summed E-state index contributed by atoms with van der Waals surface area (Å²) >= 11 is 0. The van der Waals surface area contributed by atoms with Crippen molar-refractivity contribution < 1.29 is 23.1 Å². The molecule has 0 fully saturated rings. The molecule has 1 heterocycles. The Labute approximate surface area is 202 Å². The van der Waals surface area contributed by atoms with Gasteiger partial charge in [-0.3, -0.25) is 9.10 Å². The van der Waals surface area contributed by atoms with Crippen molar-refractivity contribution in [2.24, 2.45) is 5.10 Å². The Hall–Kier alpha value is -4.37. The normalized spacial score (nSPS) is 13.9. The highest BCUT2D eigenvalue weighted by Crippen LogP contribution is 2.42. The van der Waals surface area contributed by atoms with Gasteiger partial charge in [0.25, 0.3) is 15.9 Å². The highest BCUT2D eigenvalue weighted by atomic mass is 32.2. The molecule has 0 aliphatic carbocycles. The summed E-state index contributed by atoms with van der Waals surface area (Å²) in [6, 6.07) is 22.2. The van der Waals surface area contributed by atoms with Crippen LogP contribution in [0.2, 0.25) is 0 Å². The van der Waals surface area contributed by atoms with Crippen LogP contribution in [0.3, 0.4) is 0 Å². The average Bonchev–Trinajstić information content (AvgIpc) is 3.08. The molecule has 0 aromatic heterocycles. The van der Waals surface area contributed by atoms with Crippen molar-refractivity contribution in [3.63, 3.8) is 0 Å². The summed E-state index contributed by atoms with van der Waals surface area (Å²) < 4.78 is 32.7. The van der Waals surface area contributed by atoms with Crippen LogP contribution in [0.1, 0.15) is 21.5 Å². The number of carbonyl (C=O) groups excluding carboxylic acids is 1. The second-order valence-corrected chi connectivity index (χ2v) is 9.80. The van der Waals surface area contributed by atoms with Gasteiger partial charge in [0.2, 0.25) is 0 Å². The number of phenols is 1. The first kappa shape index (κ1) is 22.4. The molecule has 0 saturated carbocycles. The van der Waals surface area contributed by atoms with Crippen molar-refractivity contribution in [1.82, 2.24) is 5.43 Å². The molecule has 0 bridgehead atoms. The van der Waals surface area contributed by atoms with Crippen molar-refractivity contribution >= 4 is 38.6 Å². The lowest BCUT2D eigenvalue weighted by atomic mass is 10.1. The number of hydrogen-bond acceptors (Lipinski definition) is 6. The fourth-order valence-corrected chi connectivity index (χ4v) is 5.77. The number of amides is 1. The average molecular weight is 488 g/mol. The molecule has 4 aromatic carbocycles. The number of phenolic OH excluding ortho intramolecular Hbond substituents is 1. The third-order valence-electron chi connectivity index (χ3n) is 5.81. The van der Waals surface area contributed by atoms with E-state index in [1.165, 1.54) is 23.7 Å². The van der Waals surface area contributed by atoms with E-state index in [2.05, 4.69) is 10.5 Å². The molecule has 176 valence electrons. The Balaban J connectivity index is 1.29. The van der Waals surface area contributed by atoms with Crippen LogP contribution in [0.5, 0.6) is 11.5 Å². The monoisotopic (exact) mass is 487 g/mol. The lowest BCUT2D eigenvalue weighted by Gasteiger charge is -2.19. The summed E-state index contributed by atoms with van der Waals surface area (Å²) in [6.07, 6.45) is 1.40. The van der Waals surface area contributed by atoms with E-state index in [1.807, 2.05) is 18.2 Å². The van der Waals surface area contributed by atoms with E-state index in [9.17, 15) is 18.3 Å². The van der Waals surface area contributed by atoms with E-state index in [1.54, 1.807) is 54.6 Å². The zero-order valence-electron chi connectivity index (χ0n) is 18.7. The van der Waals surface area contributed by atoms with Gasteiger partial charge in [-0.25, -0.2) is 13.8 Å². The Morgan fingerprint density at radius 1 is 1.06 bits per heavy atom. The SMILES string of the molecule is COc1ccc(C=NNC(=O)c2ccc(CN3c4cccc5cccc(c45)S3(=O)=O)cc2)cc1O. The van der Waals surface area contributed by atoms with Gasteiger partial charge >= 0.3 is 0 Å². The van der Waals surface area contributed by atoms with Crippen molar-refractivity contribution in [2.75, 3.05) is 11.4 Å². The van der Waals surface area contributed by atoms with Crippen LogP contribution in [0.15, 0.2) is 88.9 Å². The molecule has 0 spiro atoms. The number of hydrogen-bond donors (Lipinski definition) is 2. The highest BCUT2D eigenvalue weighted by molar-refractivity contribution is 7.93. The molecular weight excluding hydrogens is 466 g/mol. The van der Waals surface area contributed by atoms with E-state index in [0.717, 1.165) is 16.3 Å². The maximum Gasteiger partial charge on any atom is 0.271 e. The molecular formula is C26H21N3O5S. The Kier molecular flexibility index (Phi) is 5.62. The number of carbonyl (C=O) groups is 1. The van der Waals surface area contributed by atoms with Crippen molar-refractivity contribution in [1.29, 1.82) is 0 Å². The van der Waals surface area contributed by atoms with E-state index in [0.29, 0.717) is 27.5 Å². The van der Waals surface area contributed by atoms with Gasteiger partial charge in [-0.2, -0.15) is 5.10 Å². The third kappa shape index (κ3) is 4.06. The summed E-state index contributed by atoms with van der Waals surface area (Å²) in [5, 5.41) is 15.3. The Morgan fingerprint density at radius 2 is 1.80 bits per heavy atom. The van der Waals surface area contributed by atoms with E-state index in [4.69, 9.17) is 4.74 Å². The minimum absolute atomic E-state index is 0.0299. The van der Waals surface area contributed by atoms with Gasteiger partial charge in [-0.05, 0) is 59.0 Å².